The fraction of sp³-hybridized carbons (Fsp3) is 0.261. The predicted octanol–water partition coefficient (Wildman–Crippen LogP) is 3.30. The van der Waals surface area contributed by atoms with E-state index < -0.39 is 23.7 Å². The van der Waals surface area contributed by atoms with Gasteiger partial charge in [0.15, 0.2) is 0 Å². The molecule has 3 aromatic rings. The van der Waals surface area contributed by atoms with Gasteiger partial charge < -0.3 is 19.5 Å². The minimum atomic E-state index is -4.42. The number of benzene rings is 2. The molecule has 1 saturated heterocycles. The number of aromatic nitrogens is 2. The minimum Gasteiger partial charge on any atom is -0.473 e. The topological polar surface area (TPSA) is 143 Å². The summed E-state index contributed by atoms with van der Waals surface area (Å²) in [4.78, 5) is 36.1. The molecule has 4 rings (SSSR count). The van der Waals surface area contributed by atoms with E-state index in [9.17, 15) is 18.0 Å². The van der Waals surface area contributed by atoms with Crippen LogP contribution in [0.4, 0.5) is 13.2 Å². The number of likely N-dealkylation sites (tertiary alicyclic amines) is 1. The molecule has 2 aromatic carbocycles. The van der Waals surface area contributed by atoms with Crippen LogP contribution in [0, 0.1) is 0 Å². The van der Waals surface area contributed by atoms with Gasteiger partial charge in [-0.2, -0.15) is 18.2 Å². The Labute approximate surface area is 201 Å². The van der Waals surface area contributed by atoms with Gasteiger partial charge in [0.25, 0.3) is 0 Å². The van der Waals surface area contributed by atoms with Crippen LogP contribution in [0.2, 0.25) is 0 Å². The fourth-order valence-electron chi connectivity index (χ4n) is 3.33. The third-order valence-electron chi connectivity index (χ3n) is 5.16. The second-order valence-electron chi connectivity index (χ2n) is 7.72. The number of hydrogen-bond donors (Lipinski definition) is 2. The Morgan fingerprint density at radius 1 is 1.08 bits per heavy atom. The number of aliphatic carboxylic acids is 2. The van der Waals surface area contributed by atoms with Crippen LogP contribution in [0.5, 0.6) is 0 Å². The highest BCUT2D eigenvalue weighted by Crippen LogP contribution is 2.33. The van der Waals surface area contributed by atoms with Crippen LogP contribution in [-0.4, -0.2) is 63.4 Å². The number of nitrogens with zero attached hydrogens (tertiary/aromatic N) is 3. The molecule has 13 heteroatoms. The maximum absolute atomic E-state index is 12.9. The highest BCUT2D eigenvalue weighted by atomic mass is 19.4. The van der Waals surface area contributed by atoms with Crippen molar-refractivity contribution in [2.75, 3.05) is 20.2 Å². The first kappa shape index (κ1) is 26.3. The summed E-state index contributed by atoms with van der Waals surface area (Å²) in [5, 5.41) is 18.6. The van der Waals surface area contributed by atoms with Crippen molar-refractivity contribution in [2.45, 2.75) is 18.6 Å². The average Bonchev–Trinajstić information content (AvgIpc) is 3.30. The first-order chi connectivity index (χ1) is 17.0. The maximum Gasteiger partial charge on any atom is 0.416 e. The van der Waals surface area contributed by atoms with E-state index in [2.05, 4.69) is 19.8 Å². The number of methoxy groups -OCH3 is 1. The third-order valence-corrected chi connectivity index (χ3v) is 5.16. The molecule has 2 heterocycles. The zero-order chi connectivity index (χ0) is 26.5. The molecule has 36 heavy (non-hydrogen) atoms. The second-order valence-corrected chi connectivity index (χ2v) is 7.72. The number of carboxylic acids is 2. The predicted molar refractivity (Wildman–Crippen MR) is 116 cm³/mol. The van der Waals surface area contributed by atoms with Gasteiger partial charge in [0.1, 0.15) is 0 Å². The van der Waals surface area contributed by atoms with Crippen molar-refractivity contribution in [3.63, 3.8) is 0 Å². The summed E-state index contributed by atoms with van der Waals surface area (Å²) >= 11 is 0. The van der Waals surface area contributed by atoms with Crippen LogP contribution in [0.3, 0.4) is 0 Å². The number of carbonyl (C=O) groups excluding carboxylic acids is 1. The molecule has 0 bridgehead atoms. The second kappa shape index (κ2) is 11.0. The molecule has 10 nitrogen and oxygen atoms in total. The molecule has 190 valence electrons. The fourth-order valence-corrected chi connectivity index (χ4v) is 3.33. The summed E-state index contributed by atoms with van der Waals surface area (Å²) in [6, 6.07) is 12.1. The number of esters is 1. The summed E-state index contributed by atoms with van der Waals surface area (Å²) in [6.07, 6.45) is -4.42. The Morgan fingerprint density at radius 3 is 2.28 bits per heavy atom. The quantitative estimate of drug-likeness (QED) is 0.390. The van der Waals surface area contributed by atoms with E-state index in [1.165, 1.54) is 19.2 Å². The van der Waals surface area contributed by atoms with Crippen molar-refractivity contribution in [1.82, 2.24) is 15.0 Å². The number of carbonyl (C=O) groups is 3. The van der Waals surface area contributed by atoms with E-state index in [0.717, 1.165) is 17.7 Å². The number of ether oxygens (including phenoxy) is 1. The van der Waals surface area contributed by atoms with E-state index in [-0.39, 0.29) is 23.3 Å². The van der Waals surface area contributed by atoms with E-state index in [4.69, 9.17) is 24.3 Å². The van der Waals surface area contributed by atoms with Gasteiger partial charge in [0, 0.05) is 25.2 Å². The lowest BCUT2D eigenvalue weighted by Gasteiger charge is -2.37. The van der Waals surface area contributed by atoms with Crippen molar-refractivity contribution < 1.29 is 47.0 Å². The highest BCUT2D eigenvalue weighted by Gasteiger charge is 2.33. The molecule has 0 atom stereocenters. The molecule has 1 fully saturated rings. The van der Waals surface area contributed by atoms with E-state index in [1.54, 1.807) is 12.1 Å². The van der Waals surface area contributed by atoms with Gasteiger partial charge in [-0.1, -0.05) is 29.4 Å². The normalized spacial score (nSPS) is 13.8. The van der Waals surface area contributed by atoms with Crippen molar-refractivity contribution in [3.8, 4) is 11.4 Å². The molecule has 1 aliphatic rings. The van der Waals surface area contributed by atoms with Crippen LogP contribution < -0.4 is 0 Å². The Hall–Kier alpha value is -4.26. The monoisotopic (exact) mass is 507 g/mol. The maximum atomic E-state index is 12.9. The van der Waals surface area contributed by atoms with Gasteiger partial charge >= 0.3 is 24.1 Å². The SMILES string of the molecule is COC(=O)c1ccc(CN2CC(c3nc(-c4cccc(C(F)(F)F)c4)no3)C2)cc1.O=C(O)C(=O)O. The minimum absolute atomic E-state index is 0.0337. The number of alkyl halides is 3. The van der Waals surface area contributed by atoms with Gasteiger partial charge in [0.05, 0.1) is 24.2 Å². The Kier molecular flexibility index (Phi) is 8.04. The van der Waals surface area contributed by atoms with Crippen LogP contribution in [0.25, 0.3) is 11.4 Å². The molecule has 0 saturated carbocycles. The molecule has 0 amide bonds. The Bertz CT molecular complexity index is 1220. The largest absolute Gasteiger partial charge is 0.473 e. The molecule has 1 aromatic heterocycles. The van der Waals surface area contributed by atoms with Crippen molar-refractivity contribution >= 4 is 17.9 Å². The smallest absolute Gasteiger partial charge is 0.416 e. The third kappa shape index (κ3) is 6.66. The number of hydrogen-bond acceptors (Lipinski definition) is 8. The van der Waals surface area contributed by atoms with E-state index >= 15 is 0 Å². The molecule has 0 spiro atoms. The Morgan fingerprint density at radius 2 is 1.72 bits per heavy atom. The number of halogens is 3. The van der Waals surface area contributed by atoms with Crippen LogP contribution in [0.1, 0.15) is 33.3 Å². The summed E-state index contributed by atoms with van der Waals surface area (Å²) in [6.45, 7) is 2.10. The van der Waals surface area contributed by atoms with E-state index in [0.29, 0.717) is 31.1 Å². The highest BCUT2D eigenvalue weighted by molar-refractivity contribution is 6.27. The first-order valence-electron chi connectivity index (χ1n) is 10.3. The molecular weight excluding hydrogens is 487 g/mol. The van der Waals surface area contributed by atoms with Crippen molar-refractivity contribution in [3.05, 3.63) is 71.1 Å². The molecule has 0 radical (unpaired) electrons. The molecule has 0 aliphatic carbocycles. The van der Waals surface area contributed by atoms with Gasteiger partial charge in [0.2, 0.25) is 11.7 Å². The average molecular weight is 507 g/mol. The molecule has 0 unspecified atom stereocenters. The zero-order valence-corrected chi connectivity index (χ0v) is 18.7. The van der Waals surface area contributed by atoms with Crippen LogP contribution in [0.15, 0.2) is 53.1 Å². The van der Waals surface area contributed by atoms with Gasteiger partial charge in [-0.3, -0.25) is 4.90 Å². The first-order valence-corrected chi connectivity index (χ1v) is 10.3. The summed E-state index contributed by atoms with van der Waals surface area (Å²) in [5.41, 5.74) is 1.06. The van der Waals surface area contributed by atoms with Crippen molar-refractivity contribution in [2.24, 2.45) is 0 Å². The van der Waals surface area contributed by atoms with Gasteiger partial charge in [-0.05, 0) is 29.8 Å². The molecule has 2 N–H and O–H groups in total. The van der Waals surface area contributed by atoms with Crippen molar-refractivity contribution in [1.29, 1.82) is 0 Å². The lowest BCUT2D eigenvalue weighted by atomic mass is 9.99. The summed E-state index contributed by atoms with van der Waals surface area (Å²) in [7, 11) is 1.34. The molecular formula is C23H20F3N3O7. The van der Waals surface area contributed by atoms with E-state index in [1.807, 2.05) is 12.1 Å². The van der Waals surface area contributed by atoms with Crippen LogP contribution in [-0.2, 0) is 27.0 Å². The van der Waals surface area contributed by atoms with Gasteiger partial charge in [-0.25, -0.2) is 14.4 Å². The molecule has 1 aliphatic heterocycles. The van der Waals surface area contributed by atoms with Crippen LogP contribution >= 0.6 is 0 Å². The zero-order valence-electron chi connectivity index (χ0n) is 18.7. The van der Waals surface area contributed by atoms with Gasteiger partial charge in [-0.15, -0.1) is 0 Å². The lowest BCUT2D eigenvalue weighted by molar-refractivity contribution is -0.159. The lowest BCUT2D eigenvalue weighted by Crippen LogP contribution is -2.44. The summed E-state index contributed by atoms with van der Waals surface area (Å²) in [5.74, 6) is -3.43. The number of carboxylic acid groups (broad SMARTS) is 2. The number of rotatable bonds is 5. The summed E-state index contributed by atoms with van der Waals surface area (Å²) < 4.78 is 48.6. The standard InChI is InChI=1S/C21H18F3N3O3.C2H2O4/c1-29-20(28)14-7-5-13(6-8-14)10-27-11-16(12-27)19-25-18(26-30-19)15-3-2-4-17(9-15)21(22,23)24;3-1(4)2(5)6/h2-9,16H,10-12H2,1H3;(H,3,4)(H,5,6). The Balaban J connectivity index is 0.000000538.